The Labute approximate surface area is 167 Å². The Balaban J connectivity index is 1.63. The molecule has 1 aliphatic carbocycles. The highest BCUT2D eigenvalue weighted by atomic mass is 32.1. The predicted octanol–water partition coefficient (Wildman–Crippen LogP) is 4.07. The van der Waals surface area contributed by atoms with Gasteiger partial charge in [-0.05, 0) is 55.9 Å². The molecule has 1 amide bonds. The molecule has 6 nitrogen and oxygen atoms in total. The average molecular weight is 401 g/mol. The number of esters is 1. The molecule has 1 aromatic carbocycles. The van der Waals surface area contributed by atoms with Crippen LogP contribution in [0.25, 0.3) is 0 Å². The molecular formula is C21H23NO5S. The summed E-state index contributed by atoms with van der Waals surface area (Å²) in [6.07, 6.45) is 2.79. The van der Waals surface area contributed by atoms with Crippen LogP contribution in [0.5, 0.6) is 11.5 Å². The van der Waals surface area contributed by atoms with Gasteiger partial charge in [0.15, 0.2) is 11.5 Å². The zero-order valence-corrected chi connectivity index (χ0v) is 16.8. The lowest BCUT2D eigenvalue weighted by Crippen LogP contribution is -2.18. The van der Waals surface area contributed by atoms with E-state index in [1.165, 1.54) is 16.2 Å². The fourth-order valence-electron chi connectivity index (χ4n) is 3.62. The molecule has 148 valence electrons. The highest BCUT2D eigenvalue weighted by Gasteiger charge is 2.29. The van der Waals surface area contributed by atoms with Gasteiger partial charge in [0, 0.05) is 10.4 Å². The molecule has 2 aromatic rings. The third-order valence-corrected chi connectivity index (χ3v) is 6.19. The smallest absolute Gasteiger partial charge is 0.341 e. The van der Waals surface area contributed by atoms with Crippen molar-refractivity contribution in [3.05, 3.63) is 39.8 Å². The molecule has 0 radical (unpaired) electrons. The first-order valence-corrected chi connectivity index (χ1v) is 10.4. The van der Waals surface area contributed by atoms with Crippen LogP contribution in [0.1, 0.15) is 51.4 Å². The Kier molecular flexibility index (Phi) is 5.26. The van der Waals surface area contributed by atoms with Gasteiger partial charge in [-0.1, -0.05) is 6.92 Å². The molecule has 28 heavy (non-hydrogen) atoms. The number of hydrogen-bond donors (Lipinski definition) is 1. The quantitative estimate of drug-likeness (QED) is 0.782. The van der Waals surface area contributed by atoms with E-state index in [2.05, 4.69) is 12.2 Å². The highest BCUT2D eigenvalue weighted by molar-refractivity contribution is 7.17. The van der Waals surface area contributed by atoms with Crippen molar-refractivity contribution < 1.29 is 23.8 Å². The average Bonchev–Trinajstić information content (AvgIpc) is 3.04. The van der Waals surface area contributed by atoms with Crippen molar-refractivity contribution in [2.75, 3.05) is 25.1 Å². The summed E-state index contributed by atoms with van der Waals surface area (Å²) in [4.78, 5) is 26.6. The fourth-order valence-corrected chi connectivity index (χ4v) is 5.01. The molecule has 0 saturated heterocycles. The first kappa shape index (κ1) is 18.8. The van der Waals surface area contributed by atoms with Gasteiger partial charge in [0.2, 0.25) is 0 Å². The molecule has 4 rings (SSSR count). The highest BCUT2D eigenvalue weighted by Crippen LogP contribution is 2.40. The molecule has 1 N–H and O–H groups in total. The van der Waals surface area contributed by atoms with Crippen LogP contribution in [-0.2, 0) is 17.6 Å². The molecule has 0 bridgehead atoms. The minimum Gasteiger partial charge on any atom is -0.486 e. The predicted molar refractivity (Wildman–Crippen MR) is 107 cm³/mol. The maximum atomic E-state index is 12.9. The molecule has 7 heteroatoms. The van der Waals surface area contributed by atoms with Crippen molar-refractivity contribution in [3.63, 3.8) is 0 Å². The van der Waals surface area contributed by atoms with Gasteiger partial charge >= 0.3 is 5.97 Å². The second kappa shape index (κ2) is 7.83. The number of benzene rings is 1. The number of rotatable bonds is 4. The Morgan fingerprint density at radius 2 is 2.04 bits per heavy atom. The van der Waals surface area contributed by atoms with Crippen LogP contribution in [0.2, 0.25) is 0 Å². The van der Waals surface area contributed by atoms with Crippen molar-refractivity contribution >= 4 is 28.2 Å². The number of thiophene rings is 1. The van der Waals surface area contributed by atoms with Crippen molar-refractivity contribution in [2.45, 2.75) is 33.1 Å². The van der Waals surface area contributed by atoms with Crippen molar-refractivity contribution in [1.82, 2.24) is 0 Å². The van der Waals surface area contributed by atoms with Crippen LogP contribution in [0, 0.1) is 5.92 Å². The number of amides is 1. The molecule has 1 atom stereocenters. The number of carbonyl (C=O) groups is 2. The maximum absolute atomic E-state index is 12.9. The molecule has 2 aliphatic rings. The standard InChI is InChI=1S/C21H23NO5S/c1-3-25-21(24)18-14-6-4-12(2)10-17(14)28-20(18)22-19(23)13-5-7-15-16(11-13)27-9-8-26-15/h5,7,11-12H,3-4,6,8-10H2,1-2H3,(H,22,23)/t12-/m0/s1. The number of fused-ring (bicyclic) bond motifs is 2. The second-order valence-corrected chi connectivity index (χ2v) is 8.19. The van der Waals surface area contributed by atoms with Crippen LogP contribution >= 0.6 is 11.3 Å². The molecule has 1 aromatic heterocycles. The molecular weight excluding hydrogens is 378 g/mol. The lowest BCUT2D eigenvalue weighted by atomic mass is 9.88. The lowest BCUT2D eigenvalue weighted by molar-refractivity contribution is 0.0526. The van der Waals surface area contributed by atoms with E-state index < -0.39 is 0 Å². The van der Waals surface area contributed by atoms with E-state index in [-0.39, 0.29) is 11.9 Å². The minimum atomic E-state index is -0.368. The Morgan fingerprint density at radius 1 is 1.25 bits per heavy atom. The number of carbonyl (C=O) groups excluding carboxylic acids is 2. The van der Waals surface area contributed by atoms with Gasteiger partial charge in [0.05, 0.1) is 12.2 Å². The van der Waals surface area contributed by atoms with Gasteiger partial charge in [0.1, 0.15) is 18.2 Å². The molecule has 1 aliphatic heterocycles. The monoisotopic (exact) mass is 401 g/mol. The molecule has 2 heterocycles. The van der Waals surface area contributed by atoms with Crippen molar-refractivity contribution in [2.24, 2.45) is 5.92 Å². The molecule has 0 saturated carbocycles. The number of nitrogens with one attached hydrogen (secondary N) is 1. The lowest BCUT2D eigenvalue weighted by Gasteiger charge is -2.18. The summed E-state index contributed by atoms with van der Waals surface area (Å²) in [6, 6.07) is 5.10. The first-order valence-electron chi connectivity index (χ1n) is 9.59. The maximum Gasteiger partial charge on any atom is 0.341 e. The van der Waals surface area contributed by atoms with E-state index in [0.29, 0.717) is 53.4 Å². The SMILES string of the molecule is CCOC(=O)c1c(NC(=O)c2ccc3c(c2)OCCO3)sc2c1CC[C@H](C)C2. The summed E-state index contributed by atoms with van der Waals surface area (Å²) < 4.78 is 16.3. The van der Waals surface area contributed by atoms with Gasteiger partial charge in [0.25, 0.3) is 5.91 Å². The molecule has 0 spiro atoms. The van der Waals surface area contributed by atoms with Crippen molar-refractivity contribution in [1.29, 1.82) is 0 Å². The first-order chi connectivity index (χ1) is 13.6. The van der Waals surface area contributed by atoms with Gasteiger partial charge in [-0.15, -0.1) is 11.3 Å². The van der Waals surface area contributed by atoms with E-state index in [1.807, 2.05) is 0 Å². The molecule has 0 unspecified atom stereocenters. The zero-order chi connectivity index (χ0) is 19.7. The summed E-state index contributed by atoms with van der Waals surface area (Å²) in [5.74, 6) is 1.11. The Bertz CT molecular complexity index is 920. The Hall–Kier alpha value is -2.54. The third kappa shape index (κ3) is 3.58. The van der Waals surface area contributed by atoms with E-state index in [1.54, 1.807) is 25.1 Å². The van der Waals surface area contributed by atoms with Crippen LogP contribution in [0.15, 0.2) is 18.2 Å². The summed E-state index contributed by atoms with van der Waals surface area (Å²) in [6.45, 7) is 5.25. The summed E-state index contributed by atoms with van der Waals surface area (Å²) >= 11 is 1.48. The van der Waals surface area contributed by atoms with E-state index >= 15 is 0 Å². The van der Waals surface area contributed by atoms with Crippen LogP contribution in [0.4, 0.5) is 5.00 Å². The van der Waals surface area contributed by atoms with Gasteiger partial charge in [-0.25, -0.2) is 4.79 Å². The van der Waals surface area contributed by atoms with Gasteiger partial charge < -0.3 is 19.5 Å². The molecule has 0 fully saturated rings. The minimum absolute atomic E-state index is 0.283. The van der Waals surface area contributed by atoms with E-state index in [0.717, 1.165) is 24.8 Å². The number of hydrogen-bond acceptors (Lipinski definition) is 6. The van der Waals surface area contributed by atoms with Crippen LogP contribution < -0.4 is 14.8 Å². The number of ether oxygens (including phenoxy) is 3. The fraction of sp³-hybridized carbons (Fsp3) is 0.429. The van der Waals surface area contributed by atoms with Crippen LogP contribution in [-0.4, -0.2) is 31.7 Å². The topological polar surface area (TPSA) is 73.9 Å². The summed E-state index contributed by atoms with van der Waals surface area (Å²) in [5, 5.41) is 3.49. The zero-order valence-electron chi connectivity index (χ0n) is 16.0. The van der Waals surface area contributed by atoms with Crippen LogP contribution in [0.3, 0.4) is 0 Å². The van der Waals surface area contributed by atoms with Gasteiger partial charge in [-0.2, -0.15) is 0 Å². The third-order valence-electron chi connectivity index (χ3n) is 5.02. The van der Waals surface area contributed by atoms with E-state index in [4.69, 9.17) is 14.2 Å². The van der Waals surface area contributed by atoms with E-state index in [9.17, 15) is 9.59 Å². The normalized spacial score (nSPS) is 17.6. The number of anilines is 1. The van der Waals surface area contributed by atoms with Gasteiger partial charge in [-0.3, -0.25) is 4.79 Å². The Morgan fingerprint density at radius 3 is 2.82 bits per heavy atom. The largest absolute Gasteiger partial charge is 0.486 e. The second-order valence-electron chi connectivity index (χ2n) is 7.09. The summed E-state index contributed by atoms with van der Waals surface area (Å²) in [5.41, 5.74) is 2.00. The summed E-state index contributed by atoms with van der Waals surface area (Å²) in [7, 11) is 0. The van der Waals surface area contributed by atoms with Crippen molar-refractivity contribution in [3.8, 4) is 11.5 Å².